The Balaban J connectivity index is 1.78. The van der Waals surface area contributed by atoms with Crippen LogP contribution in [0.15, 0.2) is 29.3 Å². The Kier molecular flexibility index (Phi) is 4.66. The van der Waals surface area contributed by atoms with Crippen LogP contribution in [0.5, 0.6) is 5.75 Å². The number of aliphatic imine (C=N–C) groups is 1. The summed E-state index contributed by atoms with van der Waals surface area (Å²) in [7, 11) is 1.79. The van der Waals surface area contributed by atoms with Crippen LogP contribution in [-0.4, -0.2) is 32.2 Å². The molecule has 0 aliphatic carbocycles. The Bertz CT molecular complexity index is 418. The molecule has 0 saturated carbocycles. The van der Waals surface area contributed by atoms with Crippen LogP contribution in [0.4, 0.5) is 0 Å². The van der Waals surface area contributed by atoms with Gasteiger partial charge in [0.1, 0.15) is 11.9 Å². The van der Waals surface area contributed by atoms with Crippen LogP contribution >= 0.6 is 0 Å². The highest BCUT2D eigenvalue weighted by atomic mass is 16.5. The fraction of sp³-hybridized carbons (Fsp3) is 0.533. The van der Waals surface area contributed by atoms with Gasteiger partial charge in [-0.1, -0.05) is 32.0 Å². The third-order valence-corrected chi connectivity index (χ3v) is 3.11. The lowest BCUT2D eigenvalue weighted by atomic mass is 10.1. The predicted molar refractivity (Wildman–Crippen MR) is 78.8 cm³/mol. The number of ether oxygens (including phenoxy) is 1. The van der Waals surface area contributed by atoms with Gasteiger partial charge >= 0.3 is 0 Å². The fourth-order valence-corrected chi connectivity index (χ4v) is 2.10. The van der Waals surface area contributed by atoms with Gasteiger partial charge in [-0.05, 0) is 17.5 Å². The quantitative estimate of drug-likeness (QED) is 0.642. The van der Waals surface area contributed by atoms with Gasteiger partial charge in [-0.15, -0.1) is 0 Å². The molecule has 0 aromatic heterocycles. The summed E-state index contributed by atoms with van der Waals surface area (Å²) in [5.74, 6) is 2.46. The van der Waals surface area contributed by atoms with Gasteiger partial charge in [0.15, 0.2) is 5.96 Å². The first-order valence-electron chi connectivity index (χ1n) is 6.88. The molecule has 1 unspecified atom stereocenters. The smallest absolute Gasteiger partial charge is 0.191 e. The first kappa shape index (κ1) is 13.7. The Labute approximate surface area is 115 Å². The van der Waals surface area contributed by atoms with Gasteiger partial charge < -0.3 is 15.4 Å². The van der Waals surface area contributed by atoms with E-state index in [2.05, 4.69) is 41.6 Å². The van der Waals surface area contributed by atoms with Gasteiger partial charge in [-0.2, -0.15) is 0 Å². The van der Waals surface area contributed by atoms with Gasteiger partial charge in [-0.25, -0.2) is 0 Å². The molecule has 0 bridgehead atoms. The highest BCUT2D eigenvalue weighted by molar-refractivity contribution is 5.79. The van der Waals surface area contributed by atoms with Crippen molar-refractivity contribution in [3.63, 3.8) is 0 Å². The third-order valence-electron chi connectivity index (χ3n) is 3.11. The summed E-state index contributed by atoms with van der Waals surface area (Å²) in [5, 5.41) is 6.61. The second-order valence-corrected chi connectivity index (χ2v) is 5.28. The summed E-state index contributed by atoms with van der Waals surface area (Å²) in [6.07, 6.45) is 1.15. The Hall–Kier alpha value is -1.71. The van der Waals surface area contributed by atoms with Crippen LogP contribution in [0.1, 0.15) is 19.4 Å². The monoisotopic (exact) mass is 261 g/mol. The van der Waals surface area contributed by atoms with Crippen LogP contribution in [0.3, 0.4) is 0 Å². The van der Waals surface area contributed by atoms with Crippen molar-refractivity contribution in [2.45, 2.75) is 26.4 Å². The van der Waals surface area contributed by atoms with Crippen molar-refractivity contribution in [1.82, 2.24) is 10.6 Å². The van der Waals surface area contributed by atoms with Crippen LogP contribution in [0.2, 0.25) is 0 Å². The third kappa shape index (κ3) is 3.88. The molecule has 4 nitrogen and oxygen atoms in total. The van der Waals surface area contributed by atoms with Crippen molar-refractivity contribution in [3.8, 4) is 5.75 Å². The number of benzene rings is 1. The molecule has 0 spiro atoms. The lowest BCUT2D eigenvalue weighted by Crippen LogP contribution is -2.43. The van der Waals surface area contributed by atoms with Gasteiger partial charge in [0, 0.05) is 20.0 Å². The van der Waals surface area contributed by atoms with E-state index in [-0.39, 0.29) is 6.10 Å². The highest BCUT2D eigenvalue weighted by Crippen LogP contribution is 2.27. The maximum Gasteiger partial charge on any atom is 0.191 e. The topological polar surface area (TPSA) is 45.7 Å². The molecule has 2 rings (SSSR count). The fourth-order valence-electron chi connectivity index (χ4n) is 2.10. The average Bonchev–Trinajstić information content (AvgIpc) is 2.81. The Morgan fingerprint density at radius 2 is 2.16 bits per heavy atom. The molecule has 104 valence electrons. The summed E-state index contributed by atoms with van der Waals surface area (Å²) in [4.78, 5) is 4.21. The number of hydrogen-bond donors (Lipinski definition) is 2. The lowest BCUT2D eigenvalue weighted by molar-refractivity contribution is 0.235. The number of para-hydroxylation sites is 1. The largest absolute Gasteiger partial charge is 0.488 e. The number of nitrogens with zero attached hydrogens (tertiary/aromatic N) is 1. The second kappa shape index (κ2) is 6.45. The zero-order chi connectivity index (χ0) is 13.7. The molecule has 1 atom stereocenters. The number of fused-ring (bicyclic) bond motifs is 1. The van der Waals surface area contributed by atoms with Crippen molar-refractivity contribution in [2.24, 2.45) is 10.9 Å². The Morgan fingerprint density at radius 3 is 2.84 bits per heavy atom. The van der Waals surface area contributed by atoms with Gasteiger partial charge in [-0.3, -0.25) is 4.99 Å². The molecule has 1 aliphatic rings. The molecule has 1 aromatic rings. The highest BCUT2D eigenvalue weighted by Gasteiger charge is 2.22. The number of rotatable bonds is 4. The van der Waals surface area contributed by atoms with Gasteiger partial charge in [0.2, 0.25) is 0 Å². The zero-order valence-electron chi connectivity index (χ0n) is 11.9. The molecule has 1 aromatic carbocycles. The van der Waals surface area contributed by atoms with E-state index >= 15 is 0 Å². The molecular formula is C15H23N3O. The maximum atomic E-state index is 5.88. The first-order chi connectivity index (χ1) is 9.19. The summed E-state index contributed by atoms with van der Waals surface area (Å²) in [5.41, 5.74) is 1.29. The standard InChI is InChI=1S/C15H23N3O/c1-11(2)9-17-15(16-3)18-10-13-8-12-6-4-5-7-14(12)19-13/h4-7,11,13H,8-10H2,1-3H3,(H2,16,17,18). The summed E-state index contributed by atoms with van der Waals surface area (Å²) >= 11 is 0. The predicted octanol–water partition coefficient (Wildman–Crippen LogP) is 1.81. The van der Waals surface area contributed by atoms with Crippen molar-refractivity contribution >= 4 is 5.96 Å². The molecule has 19 heavy (non-hydrogen) atoms. The van der Waals surface area contributed by atoms with Gasteiger partial charge in [0.05, 0.1) is 6.54 Å². The summed E-state index contributed by atoms with van der Waals surface area (Å²) in [6.45, 7) is 6.05. The van der Waals surface area contributed by atoms with Crippen LogP contribution < -0.4 is 15.4 Å². The molecule has 1 aliphatic heterocycles. The second-order valence-electron chi connectivity index (χ2n) is 5.28. The van der Waals surface area contributed by atoms with Crippen LogP contribution in [-0.2, 0) is 6.42 Å². The molecule has 2 N–H and O–H groups in total. The van der Waals surface area contributed by atoms with E-state index in [4.69, 9.17) is 4.74 Å². The molecule has 0 fully saturated rings. The molecule has 0 amide bonds. The molecule has 1 heterocycles. The minimum Gasteiger partial charge on any atom is -0.488 e. The summed E-state index contributed by atoms with van der Waals surface area (Å²) < 4.78 is 5.88. The average molecular weight is 261 g/mol. The zero-order valence-corrected chi connectivity index (χ0v) is 11.9. The van der Waals surface area contributed by atoms with Crippen LogP contribution in [0.25, 0.3) is 0 Å². The maximum absolute atomic E-state index is 5.88. The van der Waals surface area contributed by atoms with Crippen LogP contribution in [0, 0.1) is 5.92 Å². The van der Waals surface area contributed by atoms with Crippen molar-refractivity contribution in [1.29, 1.82) is 0 Å². The number of nitrogens with one attached hydrogen (secondary N) is 2. The van der Waals surface area contributed by atoms with Crippen molar-refractivity contribution in [2.75, 3.05) is 20.1 Å². The first-order valence-corrected chi connectivity index (χ1v) is 6.88. The van der Waals surface area contributed by atoms with E-state index in [1.807, 2.05) is 12.1 Å². The van der Waals surface area contributed by atoms with Crippen molar-refractivity contribution in [3.05, 3.63) is 29.8 Å². The van der Waals surface area contributed by atoms with E-state index in [1.165, 1.54) is 5.56 Å². The minimum absolute atomic E-state index is 0.190. The molecule has 0 saturated heterocycles. The van der Waals surface area contributed by atoms with E-state index in [9.17, 15) is 0 Å². The minimum atomic E-state index is 0.190. The lowest BCUT2D eigenvalue weighted by Gasteiger charge is -2.16. The van der Waals surface area contributed by atoms with Gasteiger partial charge in [0.25, 0.3) is 0 Å². The SMILES string of the molecule is CN=C(NCC(C)C)NCC1Cc2ccccc2O1. The number of hydrogen-bond acceptors (Lipinski definition) is 2. The Morgan fingerprint density at radius 1 is 1.37 bits per heavy atom. The van der Waals surface area contributed by atoms with E-state index in [1.54, 1.807) is 7.05 Å². The molecule has 0 radical (unpaired) electrons. The van der Waals surface area contributed by atoms with Crippen molar-refractivity contribution < 1.29 is 4.74 Å². The van der Waals surface area contributed by atoms with E-state index < -0.39 is 0 Å². The number of guanidine groups is 1. The summed E-state index contributed by atoms with van der Waals surface area (Å²) in [6, 6.07) is 8.22. The normalized spacial score (nSPS) is 18.1. The molecular weight excluding hydrogens is 238 g/mol. The van der Waals surface area contributed by atoms with E-state index in [0.717, 1.165) is 31.2 Å². The van der Waals surface area contributed by atoms with E-state index in [0.29, 0.717) is 5.92 Å². The molecule has 4 heteroatoms.